The highest BCUT2D eigenvalue weighted by atomic mass is 32.2. The number of fused-ring (bicyclic) bond motifs is 2. The molecule has 0 saturated heterocycles. The SMILES string of the molecule is CC1Sc2ccc(C(=O)Nc3ccc4ccccc4c3)cc2NC1=O. The fourth-order valence-corrected chi connectivity index (χ4v) is 3.75. The Balaban J connectivity index is 1.58. The van der Waals surface area contributed by atoms with Crippen LogP contribution in [-0.2, 0) is 4.79 Å². The van der Waals surface area contributed by atoms with Crippen LogP contribution >= 0.6 is 11.8 Å². The van der Waals surface area contributed by atoms with Crippen molar-refractivity contribution in [3.05, 3.63) is 66.2 Å². The first-order valence-electron chi connectivity index (χ1n) is 8.02. The summed E-state index contributed by atoms with van der Waals surface area (Å²) in [6.45, 7) is 1.86. The minimum atomic E-state index is -0.198. The minimum Gasteiger partial charge on any atom is -0.324 e. The first-order valence-corrected chi connectivity index (χ1v) is 8.90. The predicted octanol–water partition coefficient (Wildman–Crippen LogP) is 4.52. The number of rotatable bonds is 2. The van der Waals surface area contributed by atoms with E-state index < -0.39 is 0 Å². The summed E-state index contributed by atoms with van der Waals surface area (Å²) in [5, 5.41) is 7.85. The number of benzene rings is 3. The van der Waals surface area contributed by atoms with Crippen LogP contribution in [0.4, 0.5) is 11.4 Å². The molecular weight excluding hydrogens is 332 g/mol. The Morgan fingerprint density at radius 3 is 2.68 bits per heavy atom. The topological polar surface area (TPSA) is 58.2 Å². The van der Waals surface area contributed by atoms with E-state index in [2.05, 4.69) is 10.6 Å². The molecule has 25 heavy (non-hydrogen) atoms. The van der Waals surface area contributed by atoms with E-state index in [4.69, 9.17) is 0 Å². The van der Waals surface area contributed by atoms with Crippen molar-refractivity contribution in [1.82, 2.24) is 0 Å². The van der Waals surface area contributed by atoms with Crippen LogP contribution in [0.25, 0.3) is 10.8 Å². The van der Waals surface area contributed by atoms with Crippen molar-refractivity contribution < 1.29 is 9.59 Å². The summed E-state index contributed by atoms with van der Waals surface area (Å²) in [4.78, 5) is 25.4. The van der Waals surface area contributed by atoms with Gasteiger partial charge in [-0.05, 0) is 48.0 Å². The van der Waals surface area contributed by atoms with Crippen molar-refractivity contribution in [2.24, 2.45) is 0 Å². The number of nitrogens with one attached hydrogen (secondary N) is 2. The zero-order valence-corrected chi connectivity index (χ0v) is 14.4. The van der Waals surface area contributed by atoms with Crippen molar-refractivity contribution in [3.63, 3.8) is 0 Å². The molecule has 0 saturated carbocycles. The van der Waals surface area contributed by atoms with E-state index in [1.54, 1.807) is 12.1 Å². The Bertz CT molecular complexity index is 1000. The molecule has 0 radical (unpaired) electrons. The second kappa shape index (κ2) is 6.26. The molecular formula is C20H16N2O2S. The molecule has 5 heteroatoms. The summed E-state index contributed by atoms with van der Waals surface area (Å²) in [7, 11) is 0. The van der Waals surface area contributed by atoms with Gasteiger partial charge < -0.3 is 10.6 Å². The first-order chi connectivity index (χ1) is 12.1. The van der Waals surface area contributed by atoms with E-state index in [1.165, 1.54) is 11.8 Å². The Morgan fingerprint density at radius 1 is 1.04 bits per heavy atom. The van der Waals surface area contributed by atoms with Crippen molar-refractivity contribution >= 4 is 45.7 Å². The molecule has 2 N–H and O–H groups in total. The zero-order valence-electron chi connectivity index (χ0n) is 13.6. The van der Waals surface area contributed by atoms with Crippen LogP contribution in [-0.4, -0.2) is 17.1 Å². The molecule has 1 unspecified atom stereocenters. The first kappa shape index (κ1) is 15.7. The lowest BCUT2D eigenvalue weighted by atomic mass is 10.1. The van der Waals surface area contributed by atoms with Crippen molar-refractivity contribution in [3.8, 4) is 0 Å². The lowest BCUT2D eigenvalue weighted by Gasteiger charge is -2.21. The monoisotopic (exact) mass is 348 g/mol. The maximum Gasteiger partial charge on any atom is 0.255 e. The number of amides is 2. The van der Waals surface area contributed by atoms with E-state index in [9.17, 15) is 9.59 Å². The summed E-state index contributed by atoms with van der Waals surface area (Å²) < 4.78 is 0. The molecule has 3 aromatic carbocycles. The summed E-state index contributed by atoms with van der Waals surface area (Å²) in [5.74, 6) is -0.236. The van der Waals surface area contributed by atoms with Gasteiger partial charge in [0.2, 0.25) is 5.91 Å². The third kappa shape index (κ3) is 3.10. The van der Waals surface area contributed by atoms with E-state index in [0.717, 1.165) is 21.4 Å². The summed E-state index contributed by atoms with van der Waals surface area (Å²) >= 11 is 1.50. The zero-order chi connectivity index (χ0) is 17.4. The minimum absolute atomic E-state index is 0.0374. The van der Waals surface area contributed by atoms with Crippen LogP contribution in [0.2, 0.25) is 0 Å². The van der Waals surface area contributed by atoms with Gasteiger partial charge in [-0.3, -0.25) is 9.59 Å². The van der Waals surface area contributed by atoms with Gasteiger partial charge in [0.05, 0.1) is 10.9 Å². The molecule has 4 nitrogen and oxygen atoms in total. The maximum absolute atomic E-state index is 12.6. The number of carbonyl (C=O) groups excluding carboxylic acids is 2. The van der Waals surface area contributed by atoms with Gasteiger partial charge in [0.25, 0.3) is 5.91 Å². The van der Waals surface area contributed by atoms with Gasteiger partial charge in [0.1, 0.15) is 0 Å². The maximum atomic E-state index is 12.6. The summed E-state index contributed by atoms with van der Waals surface area (Å²) in [5.41, 5.74) is 1.95. The number of hydrogen-bond donors (Lipinski definition) is 2. The van der Waals surface area contributed by atoms with E-state index >= 15 is 0 Å². The van der Waals surface area contributed by atoms with Crippen LogP contribution < -0.4 is 10.6 Å². The van der Waals surface area contributed by atoms with Gasteiger partial charge in [0.15, 0.2) is 0 Å². The molecule has 2 amide bonds. The highest BCUT2D eigenvalue weighted by molar-refractivity contribution is 8.00. The third-order valence-corrected chi connectivity index (χ3v) is 5.36. The quantitative estimate of drug-likeness (QED) is 0.715. The predicted molar refractivity (Wildman–Crippen MR) is 102 cm³/mol. The number of hydrogen-bond acceptors (Lipinski definition) is 3. The molecule has 0 fully saturated rings. The third-order valence-electron chi connectivity index (χ3n) is 4.18. The second-order valence-electron chi connectivity index (χ2n) is 5.98. The highest BCUT2D eigenvalue weighted by Gasteiger charge is 2.23. The Labute approximate surface area is 149 Å². The van der Waals surface area contributed by atoms with Gasteiger partial charge >= 0.3 is 0 Å². The van der Waals surface area contributed by atoms with Crippen molar-refractivity contribution in [2.45, 2.75) is 17.1 Å². The Morgan fingerprint density at radius 2 is 1.84 bits per heavy atom. The fourth-order valence-electron chi connectivity index (χ4n) is 2.82. The van der Waals surface area contributed by atoms with Gasteiger partial charge in [-0.1, -0.05) is 30.3 Å². The Kier molecular flexibility index (Phi) is 3.93. The molecule has 4 rings (SSSR count). The van der Waals surface area contributed by atoms with Gasteiger partial charge in [-0.2, -0.15) is 0 Å². The lowest BCUT2D eigenvalue weighted by Crippen LogP contribution is -2.26. The number of carbonyl (C=O) groups is 2. The smallest absolute Gasteiger partial charge is 0.255 e. The molecule has 3 aromatic rings. The van der Waals surface area contributed by atoms with Gasteiger partial charge in [-0.15, -0.1) is 11.8 Å². The van der Waals surface area contributed by atoms with Gasteiger partial charge in [-0.25, -0.2) is 0 Å². The number of anilines is 2. The number of thioether (sulfide) groups is 1. The van der Waals surface area contributed by atoms with Crippen LogP contribution in [0, 0.1) is 0 Å². The molecule has 124 valence electrons. The van der Waals surface area contributed by atoms with Crippen molar-refractivity contribution in [1.29, 1.82) is 0 Å². The highest BCUT2D eigenvalue weighted by Crippen LogP contribution is 2.36. The average molecular weight is 348 g/mol. The molecule has 0 aliphatic carbocycles. The normalized spacial score (nSPS) is 16.2. The summed E-state index contributed by atoms with van der Waals surface area (Å²) in [6.07, 6.45) is 0. The largest absolute Gasteiger partial charge is 0.324 e. The van der Waals surface area contributed by atoms with Crippen molar-refractivity contribution in [2.75, 3.05) is 10.6 Å². The average Bonchev–Trinajstić information content (AvgIpc) is 2.62. The molecule has 0 bridgehead atoms. The molecule has 0 spiro atoms. The van der Waals surface area contributed by atoms with E-state index in [1.807, 2.05) is 55.5 Å². The Hall–Kier alpha value is -2.79. The van der Waals surface area contributed by atoms with Crippen LogP contribution in [0.1, 0.15) is 17.3 Å². The van der Waals surface area contributed by atoms with E-state index in [0.29, 0.717) is 11.3 Å². The lowest BCUT2D eigenvalue weighted by molar-refractivity contribution is -0.115. The van der Waals surface area contributed by atoms with E-state index in [-0.39, 0.29) is 17.1 Å². The molecule has 1 aliphatic heterocycles. The van der Waals surface area contributed by atoms with Crippen LogP contribution in [0.15, 0.2) is 65.6 Å². The molecule has 1 heterocycles. The van der Waals surface area contributed by atoms with Crippen LogP contribution in [0.5, 0.6) is 0 Å². The van der Waals surface area contributed by atoms with Crippen LogP contribution in [0.3, 0.4) is 0 Å². The summed E-state index contributed by atoms with van der Waals surface area (Å²) in [6, 6.07) is 19.2. The standard InChI is InChI=1S/C20H16N2O2S/c1-12-19(23)22-17-11-15(7-9-18(17)25-12)20(24)21-16-8-6-13-4-2-3-5-14(13)10-16/h2-12H,1H3,(H,21,24)(H,22,23). The van der Waals surface area contributed by atoms with Gasteiger partial charge in [0, 0.05) is 16.1 Å². The molecule has 1 aliphatic rings. The second-order valence-corrected chi connectivity index (χ2v) is 7.36. The molecule has 1 atom stereocenters. The molecule has 0 aromatic heterocycles. The fraction of sp³-hybridized carbons (Fsp3) is 0.100.